The van der Waals surface area contributed by atoms with E-state index in [1.807, 2.05) is 6.92 Å². The summed E-state index contributed by atoms with van der Waals surface area (Å²) in [6.07, 6.45) is 0.759. The minimum absolute atomic E-state index is 0.204. The van der Waals surface area contributed by atoms with Crippen LogP contribution in [0.4, 0.5) is 0 Å². The van der Waals surface area contributed by atoms with Crippen molar-refractivity contribution in [2.75, 3.05) is 13.2 Å². The molecule has 0 aliphatic carbocycles. The van der Waals surface area contributed by atoms with Crippen molar-refractivity contribution < 1.29 is 19.1 Å². The smallest absolute Gasteiger partial charge is 0.313 e. The molecule has 0 aliphatic heterocycles. The van der Waals surface area contributed by atoms with Crippen LogP contribution in [-0.4, -0.2) is 25.2 Å². The summed E-state index contributed by atoms with van der Waals surface area (Å²) in [5, 5.41) is 0. The van der Waals surface area contributed by atoms with Gasteiger partial charge in [-0.3, -0.25) is 9.59 Å². The Kier molecular flexibility index (Phi) is 6.66. The van der Waals surface area contributed by atoms with Gasteiger partial charge in [0.15, 0.2) is 0 Å². The Labute approximate surface area is 83.9 Å². The van der Waals surface area contributed by atoms with E-state index in [-0.39, 0.29) is 6.42 Å². The number of ether oxygens (including phenoxy) is 2. The van der Waals surface area contributed by atoms with Gasteiger partial charge in [-0.1, -0.05) is 12.2 Å². The molecule has 0 radical (unpaired) electrons. The lowest BCUT2D eigenvalue weighted by molar-refractivity contribution is -0.158. The van der Waals surface area contributed by atoms with Gasteiger partial charge in [0, 0.05) is 20.0 Å². The summed E-state index contributed by atoms with van der Waals surface area (Å²) in [5.41, 5.74) is 0.941. The summed E-state index contributed by atoms with van der Waals surface area (Å²) in [7, 11) is 0. The van der Waals surface area contributed by atoms with E-state index in [0.717, 1.165) is 5.57 Å². The van der Waals surface area contributed by atoms with Gasteiger partial charge in [0.25, 0.3) is 0 Å². The zero-order valence-corrected chi connectivity index (χ0v) is 8.67. The minimum Gasteiger partial charge on any atom is -0.393 e. The number of carbonyl (C=O) groups is 2. The largest absolute Gasteiger partial charge is 0.393 e. The highest BCUT2D eigenvalue weighted by molar-refractivity contribution is 5.83. The molecule has 0 saturated carbocycles. The fourth-order valence-electron chi connectivity index (χ4n) is 0.776. The van der Waals surface area contributed by atoms with Crippen molar-refractivity contribution >= 4 is 11.9 Å². The van der Waals surface area contributed by atoms with Crippen molar-refractivity contribution in [2.24, 2.45) is 0 Å². The molecular weight excluding hydrogens is 184 g/mol. The van der Waals surface area contributed by atoms with E-state index >= 15 is 0 Å². The lowest BCUT2D eigenvalue weighted by Crippen LogP contribution is -2.09. The Morgan fingerprint density at radius 1 is 1.29 bits per heavy atom. The monoisotopic (exact) mass is 200 g/mol. The molecule has 0 fully saturated rings. The molecule has 14 heavy (non-hydrogen) atoms. The fourth-order valence-corrected chi connectivity index (χ4v) is 0.776. The van der Waals surface area contributed by atoms with E-state index in [1.54, 1.807) is 0 Å². The van der Waals surface area contributed by atoms with Gasteiger partial charge < -0.3 is 9.47 Å². The van der Waals surface area contributed by atoms with Crippen molar-refractivity contribution in [1.29, 1.82) is 0 Å². The number of hydrogen-bond acceptors (Lipinski definition) is 4. The maximum atomic E-state index is 10.8. The van der Waals surface area contributed by atoms with Crippen LogP contribution >= 0.6 is 0 Å². The molecule has 0 rings (SSSR count). The van der Waals surface area contributed by atoms with Gasteiger partial charge in [-0.25, -0.2) is 0 Å². The minimum atomic E-state index is -0.571. The van der Waals surface area contributed by atoms with E-state index in [4.69, 9.17) is 4.74 Å². The maximum absolute atomic E-state index is 10.8. The van der Waals surface area contributed by atoms with E-state index in [0.29, 0.717) is 19.6 Å². The molecule has 0 aromatic carbocycles. The molecule has 4 heteroatoms. The van der Waals surface area contributed by atoms with Crippen molar-refractivity contribution in [3.8, 4) is 0 Å². The van der Waals surface area contributed by atoms with Crippen LogP contribution in [0, 0.1) is 0 Å². The zero-order chi connectivity index (χ0) is 11.0. The summed E-state index contributed by atoms with van der Waals surface area (Å²) in [4.78, 5) is 21.2. The molecule has 0 N–H and O–H groups in total. The Balaban J connectivity index is 3.32. The first-order valence-corrected chi connectivity index (χ1v) is 4.45. The van der Waals surface area contributed by atoms with Gasteiger partial charge in [0.05, 0.1) is 6.61 Å². The molecule has 4 nitrogen and oxygen atoms in total. The van der Waals surface area contributed by atoms with Crippen LogP contribution in [0.25, 0.3) is 0 Å². The van der Waals surface area contributed by atoms with Crippen LogP contribution in [0.15, 0.2) is 12.2 Å². The Morgan fingerprint density at radius 3 is 2.43 bits per heavy atom. The van der Waals surface area contributed by atoms with Crippen LogP contribution in [0.3, 0.4) is 0 Å². The first kappa shape index (κ1) is 12.8. The summed E-state index contributed by atoms with van der Waals surface area (Å²) in [5.74, 6) is -1.07. The zero-order valence-electron chi connectivity index (χ0n) is 8.67. The topological polar surface area (TPSA) is 52.6 Å². The van der Waals surface area contributed by atoms with Gasteiger partial charge in [-0.05, 0) is 13.3 Å². The van der Waals surface area contributed by atoms with Gasteiger partial charge >= 0.3 is 11.9 Å². The van der Waals surface area contributed by atoms with E-state index < -0.39 is 11.9 Å². The highest BCUT2D eigenvalue weighted by atomic mass is 16.6. The van der Waals surface area contributed by atoms with E-state index in [2.05, 4.69) is 11.3 Å². The maximum Gasteiger partial charge on any atom is 0.313 e. The van der Waals surface area contributed by atoms with E-state index in [9.17, 15) is 9.59 Å². The molecule has 0 aliphatic rings. The van der Waals surface area contributed by atoms with Gasteiger partial charge in [-0.15, -0.1) is 0 Å². The first-order chi connectivity index (χ1) is 6.52. The average molecular weight is 200 g/mol. The molecule has 0 bridgehead atoms. The predicted octanol–water partition coefficient (Wildman–Crippen LogP) is 1.45. The SMILES string of the molecule is C=C(C)COCCCC(=O)OC(C)=O. The second kappa shape index (κ2) is 7.26. The van der Waals surface area contributed by atoms with Crippen LogP contribution in [0.1, 0.15) is 26.7 Å². The first-order valence-electron chi connectivity index (χ1n) is 4.45. The Hall–Kier alpha value is -1.16. The lowest BCUT2D eigenvalue weighted by atomic mass is 10.3. The van der Waals surface area contributed by atoms with Gasteiger partial charge in [0.2, 0.25) is 0 Å². The highest BCUT2D eigenvalue weighted by Crippen LogP contribution is 1.96. The van der Waals surface area contributed by atoms with Crippen molar-refractivity contribution in [1.82, 2.24) is 0 Å². The van der Waals surface area contributed by atoms with Gasteiger partial charge in [0.1, 0.15) is 0 Å². The molecule has 0 aromatic rings. The number of carbonyl (C=O) groups excluding carboxylic acids is 2. The quantitative estimate of drug-likeness (QED) is 0.282. The van der Waals surface area contributed by atoms with Crippen molar-refractivity contribution in [3.63, 3.8) is 0 Å². The van der Waals surface area contributed by atoms with E-state index in [1.165, 1.54) is 6.92 Å². The Bertz CT molecular complexity index is 220. The third kappa shape index (κ3) is 8.93. The lowest BCUT2D eigenvalue weighted by Gasteiger charge is -2.02. The number of rotatable bonds is 6. The number of hydrogen-bond donors (Lipinski definition) is 0. The normalized spacial score (nSPS) is 9.57. The predicted molar refractivity (Wildman–Crippen MR) is 51.6 cm³/mol. The molecule has 0 spiro atoms. The molecule has 0 aromatic heterocycles. The highest BCUT2D eigenvalue weighted by Gasteiger charge is 2.04. The molecule has 0 amide bonds. The van der Waals surface area contributed by atoms with Crippen LogP contribution in [-0.2, 0) is 19.1 Å². The summed E-state index contributed by atoms with van der Waals surface area (Å²) in [6, 6.07) is 0. The standard InChI is InChI=1S/C10H16O4/c1-8(2)7-13-6-4-5-10(12)14-9(3)11/h1,4-7H2,2-3H3. The summed E-state index contributed by atoms with van der Waals surface area (Å²) >= 11 is 0. The molecule has 0 heterocycles. The Morgan fingerprint density at radius 2 is 1.93 bits per heavy atom. The van der Waals surface area contributed by atoms with Crippen LogP contribution in [0.5, 0.6) is 0 Å². The van der Waals surface area contributed by atoms with Gasteiger partial charge in [-0.2, -0.15) is 0 Å². The molecule has 0 atom stereocenters. The third-order valence-corrected chi connectivity index (χ3v) is 1.28. The second-order valence-electron chi connectivity index (χ2n) is 3.08. The molecule has 0 saturated heterocycles. The molecular formula is C10H16O4. The molecule has 0 unspecified atom stereocenters. The second-order valence-corrected chi connectivity index (χ2v) is 3.08. The fraction of sp³-hybridized carbons (Fsp3) is 0.600. The average Bonchev–Trinajstić information content (AvgIpc) is 2.01. The summed E-state index contributed by atoms with van der Waals surface area (Å²) < 4.78 is 9.49. The van der Waals surface area contributed by atoms with Crippen molar-refractivity contribution in [2.45, 2.75) is 26.7 Å². The van der Waals surface area contributed by atoms with Crippen LogP contribution < -0.4 is 0 Å². The van der Waals surface area contributed by atoms with Crippen molar-refractivity contribution in [3.05, 3.63) is 12.2 Å². The van der Waals surface area contributed by atoms with Crippen LogP contribution in [0.2, 0.25) is 0 Å². The number of esters is 2. The third-order valence-electron chi connectivity index (χ3n) is 1.28. The summed E-state index contributed by atoms with van der Waals surface area (Å²) in [6.45, 7) is 7.71. The molecule has 80 valence electrons.